The molecule has 2 aromatic rings. The van der Waals surface area contributed by atoms with Gasteiger partial charge in [-0.2, -0.15) is 5.10 Å². The van der Waals surface area contributed by atoms with Gasteiger partial charge < -0.3 is 11.1 Å². The average molecular weight is 290 g/mol. The van der Waals surface area contributed by atoms with E-state index in [1.807, 2.05) is 6.92 Å². The van der Waals surface area contributed by atoms with Crippen LogP contribution in [0.1, 0.15) is 23.0 Å². The topological polar surface area (TPSA) is 72.9 Å². The van der Waals surface area contributed by atoms with Gasteiger partial charge in [-0.1, -0.05) is 6.92 Å². The van der Waals surface area contributed by atoms with Crippen LogP contribution in [0.2, 0.25) is 0 Å². The monoisotopic (exact) mass is 290 g/mol. The van der Waals surface area contributed by atoms with Gasteiger partial charge in [-0.15, -0.1) is 0 Å². The van der Waals surface area contributed by atoms with Crippen molar-refractivity contribution in [3.05, 3.63) is 47.5 Å². The fourth-order valence-corrected chi connectivity index (χ4v) is 1.92. The van der Waals surface area contributed by atoms with Crippen molar-refractivity contribution in [1.29, 1.82) is 0 Å². The lowest BCUT2D eigenvalue weighted by molar-refractivity contribution is 0.0948. The summed E-state index contributed by atoms with van der Waals surface area (Å²) < 4.78 is 14.6. The number of nitrogens with two attached hydrogens (primary N) is 1. The lowest BCUT2D eigenvalue weighted by atomic mass is 10.1. The van der Waals surface area contributed by atoms with Crippen LogP contribution in [-0.2, 0) is 0 Å². The van der Waals surface area contributed by atoms with E-state index in [-0.39, 0.29) is 17.6 Å². The molecular weight excluding hydrogens is 271 g/mol. The van der Waals surface area contributed by atoms with Gasteiger partial charge in [-0.05, 0) is 43.7 Å². The normalized spacial score (nSPS) is 12.2. The van der Waals surface area contributed by atoms with Crippen molar-refractivity contribution in [1.82, 2.24) is 15.1 Å². The summed E-state index contributed by atoms with van der Waals surface area (Å²) in [6, 6.07) is 5.96. The van der Waals surface area contributed by atoms with Crippen molar-refractivity contribution in [2.45, 2.75) is 13.8 Å². The molecule has 1 heterocycles. The highest BCUT2D eigenvalue weighted by Crippen LogP contribution is 2.14. The summed E-state index contributed by atoms with van der Waals surface area (Å²) in [6.07, 6.45) is 1.52. The molecule has 0 aliphatic rings. The molecule has 0 spiro atoms. The summed E-state index contributed by atoms with van der Waals surface area (Å²) in [7, 11) is 0. The summed E-state index contributed by atoms with van der Waals surface area (Å²) in [4.78, 5) is 12.1. The van der Waals surface area contributed by atoms with Crippen LogP contribution in [0.5, 0.6) is 0 Å². The van der Waals surface area contributed by atoms with Gasteiger partial charge in [0.1, 0.15) is 5.82 Å². The minimum absolute atomic E-state index is 0.179. The molecule has 0 fully saturated rings. The Morgan fingerprint density at radius 1 is 1.43 bits per heavy atom. The van der Waals surface area contributed by atoms with Crippen LogP contribution in [-0.4, -0.2) is 28.8 Å². The van der Waals surface area contributed by atoms with Gasteiger partial charge in [0.15, 0.2) is 0 Å². The van der Waals surface area contributed by atoms with E-state index in [4.69, 9.17) is 5.73 Å². The second-order valence-corrected chi connectivity index (χ2v) is 5.08. The quantitative estimate of drug-likeness (QED) is 0.879. The van der Waals surface area contributed by atoms with Crippen molar-refractivity contribution < 1.29 is 9.18 Å². The Labute approximate surface area is 123 Å². The van der Waals surface area contributed by atoms with Crippen molar-refractivity contribution >= 4 is 5.91 Å². The number of hydrogen-bond acceptors (Lipinski definition) is 3. The van der Waals surface area contributed by atoms with Gasteiger partial charge in [0, 0.05) is 6.54 Å². The predicted molar refractivity (Wildman–Crippen MR) is 78.8 cm³/mol. The van der Waals surface area contributed by atoms with Gasteiger partial charge in [0.05, 0.1) is 23.1 Å². The van der Waals surface area contributed by atoms with Crippen LogP contribution in [0.25, 0.3) is 5.69 Å². The Kier molecular flexibility index (Phi) is 4.70. The molecule has 0 saturated heterocycles. The molecule has 3 N–H and O–H groups in total. The van der Waals surface area contributed by atoms with Crippen LogP contribution in [0.15, 0.2) is 30.5 Å². The van der Waals surface area contributed by atoms with E-state index in [1.54, 1.807) is 23.7 Å². The van der Waals surface area contributed by atoms with Crippen molar-refractivity contribution in [3.63, 3.8) is 0 Å². The number of aromatic nitrogens is 2. The maximum absolute atomic E-state index is 12.9. The first-order valence-corrected chi connectivity index (χ1v) is 6.81. The molecule has 0 bridgehead atoms. The van der Waals surface area contributed by atoms with Crippen LogP contribution >= 0.6 is 0 Å². The predicted octanol–water partition coefficient (Wildman–Crippen LogP) is 1.64. The first kappa shape index (κ1) is 15.2. The first-order valence-electron chi connectivity index (χ1n) is 6.81. The van der Waals surface area contributed by atoms with Crippen molar-refractivity contribution in [3.8, 4) is 5.69 Å². The summed E-state index contributed by atoms with van der Waals surface area (Å²) in [5, 5.41) is 7.02. The molecule has 6 heteroatoms. The molecule has 1 aromatic carbocycles. The zero-order valence-electron chi connectivity index (χ0n) is 12.1. The SMILES string of the molecule is Cc1c(C(=O)NCC(C)CN)cnn1-c1ccc(F)cc1. The van der Waals surface area contributed by atoms with E-state index in [2.05, 4.69) is 10.4 Å². The number of carbonyl (C=O) groups is 1. The number of carbonyl (C=O) groups excluding carboxylic acids is 1. The number of rotatable bonds is 5. The minimum atomic E-state index is -0.308. The van der Waals surface area contributed by atoms with Crippen LogP contribution in [0.3, 0.4) is 0 Å². The van der Waals surface area contributed by atoms with Gasteiger partial charge in [-0.3, -0.25) is 4.79 Å². The fourth-order valence-electron chi connectivity index (χ4n) is 1.92. The first-order chi connectivity index (χ1) is 10.0. The summed E-state index contributed by atoms with van der Waals surface area (Å²) >= 11 is 0. The van der Waals surface area contributed by atoms with Crippen LogP contribution in [0, 0.1) is 18.7 Å². The smallest absolute Gasteiger partial charge is 0.254 e. The van der Waals surface area contributed by atoms with E-state index in [9.17, 15) is 9.18 Å². The van der Waals surface area contributed by atoms with Crippen molar-refractivity contribution in [2.24, 2.45) is 11.7 Å². The van der Waals surface area contributed by atoms with Crippen LogP contribution in [0.4, 0.5) is 4.39 Å². The zero-order valence-corrected chi connectivity index (χ0v) is 12.1. The number of benzene rings is 1. The highest BCUT2D eigenvalue weighted by Gasteiger charge is 2.15. The van der Waals surface area contributed by atoms with Gasteiger partial charge in [0.25, 0.3) is 5.91 Å². The van der Waals surface area contributed by atoms with Crippen LogP contribution < -0.4 is 11.1 Å². The summed E-state index contributed by atoms with van der Waals surface area (Å²) in [5.41, 5.74) is 7.44. The number of nitrogens with one attached hydrogen (secondary N) is 1. The average Bonchev–Trinajstić information content (AvgIpc) is 2.87. The van der Waals surface area contributed by atoms with Crippen molar-refractivity contribution in [2.75, 3.05) is 13.1 Å². The minimum Gasteiger partial charge on any atom is -0.352 e. The molecule has 5 nitrogen and oxygen atoms in total. The third-order valence-electron chi connectivity index (χ3n) is 3.34. The molecule has 112 valence electrons. The summed E-state index contributed by atoms with van der Waals surface area (Å²) in [6.45, 7) is 4.82. The molecule has 1 aromatic heterocycles. The fraction of sp³-hybridized carbons (Fsp3) is 0.333. The Hall–Kier alpha value is -2.21. The van der Waals surface area contributed by atoms with E-state index in [1.165, 1.54) is 18.3 Å². The van der Waals surface area contributed by atoms with E-state index in [0.717, 1.165) is 0 Å². The second-order valence-electron chi connectivity index (χ2n) is 5.08. The van der Waals surface area contributed by atoms with E-state index in [0.29, 0.717) is 30.0 Å². The standard InChI is InChI=1S/C15H19FN4O/c1-10(7-17)8-18-15(21)14-9-19-20(11(14)2)13-5-3-12(16)4-6-13/h3-6,9-10H,7-8,17H2,1-2H3,(H,18,21). The van der Waals surface area contributed by atoms with E-state index < -0.39 is 0 Å². The third-order valence-corrected chi connectivity index (χ3v) is 3.34. The molecule has 0 radical (unpaired) electrons. The number of halogens is 1. The maximum atomic E-state index is 12.9. The molecule has 21 heavy (non-hydrogen) atoms. The molecule has 0 saturated carbocycles. The molecule has 1 unspecified atom stereocenters. The Morgan fingerprint density at radius 2 is 2.10 bits per heavy atom. The Morgan fingerprint density at radius 3 is 2.71 bits per heavy atom. The zero-order chi connectivity index (χ0) is 15.4. The number of amides is 1. The van der Waals surface area contributed by atoms with E-state index >= 15 is 0 Å². The highest BCUT2D eigenvalue weighted by atomic mass is 19.1. The molecule has 1 atom stereocenters. The van der Waals surface area contributed by atoms with Gasteiger partial charge in [-0.25, -0.2) is 9.07 Å². The number of hydrogen-bond donors (Lipinski definition) is 2. The highest BCUT2D eigenvalue weighted by molar-refractivity contribution is 5.95. The Balaban J connectivity index is 2.16. The lowest BCUT2D eigenvalue weighted by Crippen LogP contribution is -2.31. The Bertz CT molecular complexity index is 621. The third kappa shape index (κ3) is 3.46. The maximum Gasteiger partial charge on any atom is 0.254 e. The molecule has 2 rings (SSSR count). The molecule has 1 amide bonds. The molecule has 0 aliphatic heterocycles. The largest absolute Gasteiger partial charge is 0.352 e. The van der Waals surface area contributed by atoms with Gasteiger partial charge >= 0.3 is 0 Å². The lowest BCUT2D eigenvalue weighted by Gasteiger charge is -2.10. The molecule has 0 aliphatic carbocycles. The molecular formula is C15H19FN4O. The number of nitrogens with zero attached hydrogens (tertiary/aromatic N) is 2. The van der Waals surface area contributed by atoms with Gasteiger partial charge in [0.2, 0.25) is 0 Å². The second kappa shape index (κ2) is 6.49. The summed E-state index contributed by atoms with van der Waals surface area (Å²) in [5.74, 6) is -0.264.